The first-order valence-corrected chi connectivity index (χ1v) is 21.9. The van der Waals surface area contributed by atoms with Gasteiger partial charge in [0.05, 0.1) is 31.5 Å². The molecule has 14 nitrogen and oxygen atoms in total. The van der Waals surface area contributed by atoms with Gasteiger partial charge < -0.3 is 28.4 Å². The van der Waals surface area contributed by atoms with Crippen LogP contribution in [0.2, 0.25) is 12.6 Å². The van der Waals surface area contributed by atoms with Crippen molar-refractivity contribution in [2.75, 3.05) is 32.2 Å². The Bertz CT molecular complexity index is 1880. The summed E-state index contributed by atoms with van der Waals surface area (Å²) in [6, 6.07) is 24.8. The number of aliphatic hydroxyl groups is 1. The van der Waals surface area contributed by atoms with Crippen LogP contribution in [-0.4, -0.2) is 101 Å². The monoisotopic (exact) mass is 759 g/mol. The quantitative estimate of drug-likeness (QED) is 0.108. The Morgan fingerprint density at radius 3 is 2.47 bits per heavy atom. The third-order valence-corrected chi connectivity index (χ3v) is 16.6. The summed E-state index contributed by atoms with van der Waals surface area (Å²) in [7, 11) is -2.13. The molecule has 53 heavy (non-hydrogen) atoms. The first kappa shape index (κ1) is 37.5. The number of anilines is 1. The van der Waals surface area contributed by atoms with Crippen molar-refractivity contribution in [3.8, 4) is 11.9 Å². The average molecular weight is 760 g/mol. The minimum Gasteiger partial charge on any atom is -0.475 e. The number of ether oxygens (including phenoxy) is 3. The van der Waals surface area contributed by atoms with E-state index in [1.165, 1.54) is 10.4 Å². The second-order valence-corrected chi connectivity index (χ2v) is 19.8. The molecule has 5 heterocycles. The van der Waals surface area contributed by atoms with Crippen molar-refractivity contribution >= 4 is 50.0 Å². The topological polar surface area (TPSA) is 166 Å². The molecule has 0 bridgehead atoms. The van der Waals surface area contributed by atoms with Gasteiger partial charge in [0, 0.05) is 25.6 Å². The summed E-state index contributed by atoms with van der Waals surface area (Å²) >= 11 is 0. The van der Waals surface area contributed by atoms with Gasteiger partial charge in [-0.25, -0.2) is 9.65 Å². The zero-order valence-corrected chi connectivity index (χ0v) is 32.3. The van der Waals surface area contributed by atoms with Crippen molar-refractivity contribution in [3.63, 3.8) is 0 Å². The molecule has 7 rings (SSSR count). The van der Waals surface area contributed by atoms with Gasteiger partial charge in [0.1, 0.15) is 33.0 Å². The zero-order valence-electron chi connectivity index (χ0n) is 30.4. The van der Waals surface area contributed by atoms with E-state index in [4.69, 9.17) is 28.5 Å². The van der Waals surface area contributed by atoms with Crippen LogP contribution in [0.4, 0.5) is 5.95 Å². The van der Waals surface area contributed by atoms with Gasteiger partial charge in [0.25, 0.3) is 8.53 Å². The Morgan fingerprint density at radius 1 is 1.11 bits per heavy atom. The predicted molar refractivity (Wildman–Crippen MR) is 201 cm³/mol. The summed E-state index contributed by atoms with van der Waals surface area (Å²) < 4.78 is 36.2. The van der Waals surface area contributed by atoms with Gasteiger partial charge in [-0.1, -0.05) is 91.4 Å². The number of benzene rings is 2. The highest BCUT2D eigenvalue weighted by Gasteiger charge is 2.54. The van der Waals surface area contributed by atoms with Gasteiger partial charge >= 0.3 is 0 Å². The highest BCUT2D eigenvalue weighted by molar-refractivity contribution is 7.45. The lowest BCUT2D eigenvalue weighted by atomic mass is 10.1. The second-order valence-electron chi connectivity index (χ2n) is 14.1. The highest BCUT2D eigenvalue weighted by Crippen LogP contribution is 2.59. The maximum absolute atomic E-state index is 12.6. The van der Waals surface area contributed by atoms with Crippen LogP contribution in [0.3, 0.4) is 0 Å². The summed E-state index contributed by atoms with van der Waals surface area (Å²) in [5, 5.41) is 25.1. The van der Waals surface area contributed by atoms with Crippen LogP contribution in [0.25, 0.3) is 11.2 Å². The highest BCUT2D eigenvalue weighted by atomic mass is 31.2. The number of nitrogens with zero attached hydrogens (tertiary/aromatic N) is 6. The fraction of sp³-hybridized carbons (Fsp3) is 0.486. The maximum Gasteiger partial charge on any atom is 0.259 e. The molecule has 0 spiro atoms. The lowest BCUT2D eigenvalue weighted by Crippen LogP contribution is -2.58. The van der Waals surface area contributed by atoms with Crippen molar-refractivity contribution in [3.05, 3.63) is 67.0 Å². The van der Waals surface area contributed by atoms with Gasteiger partial charge in [0.15, 0.2) is 17.4 Å². The van der Waals surface area contributed by atoms with Gasteiger partial charge in [-0.3, -0.25) is 14.7 Å². The summed E-state index contributed by atoms with van der Waals surface area (Å²) in [6.45, 7) is 6.59. The molecule has 2 aromatic carbocycles. The standard InChI is InChI=1S/C37H46N7O7PSi/c1-24(2)34(46)41-37-40-33-30(35(42-37)48-20-12-18-38)39-23-43(33)36-32(47-3)31(28(21-45)49-36)51-52-44-19-11-17-27(44)29(50-52)22-53(4,25-13-7-5-8-14-25)26-15-9-6-10-16-26/h5-10,13-16,23-24,27-29,31-32,36,45H,11-12,17,19-22H2,1-4H3,(H,40,41,42,46)/t27-,28+,29+,31?,32-,36+,52+/m0/s1. The minimum absolute atomic E-state index is 0.0267. The molecule has 2 N–H and O–H groups in total. The normalized spacial score (nSPS) is 25.9. The van der Waals surface area contributed by atoms with E-state index in [9.17, 15) is 9.90 Å². The number of amides is 1. The average Bonchev–Trinajstić information content (AvgIpc) is 3.97. The lowest BCUT2D eigenvalue weighted by Gasteiger charge is -2.32. The number of hydrogen-bond acceptors (Lipinski definition) is 12. The van der Waals surface area contributed by atoms with E-state index in [0.29, 0.717) is 11.2 Å². The summed E-state index contributed by atoms with van der Waals surface area (Å²) in [5.41, 5.74) is 0.646. The SMILES string of the molecule is CO[C@H]1C(O[P@@]2O[C@H](C[Si](C)(c3ccccc3)c3ccccc3)[C@@H]3CCCN32)[C@@H](CO)O[C@H]1n1cnc2c(OCCC#N)nc(NC(=O)C(C)C)nc21. The van der Waals surface area contributed by atoms with Gasteiger partial charge in [0.2, 0.25) is 17.7 Å². The molecule has 0 saturated carbocycles. The number of nitriles is 1. The van der Waals surface area contributed by atoms with E-state index in [2.05, 4.69) is 98.2 Å². The third-order valence-electron chi connectivity index (χ3n) is 10.4. The summed E-state index contributed by atoms with van der Waals surface area (Å²) in [4.78, 5) is 26.2. The van der Waals surface area contributed by atoms with Crippen LogP contribution in [-0.2, 0) is 23.3 Å². The first-order valence-electron chi connectivity index (χ1n) is 18.1. The Balaban J connectivity index is 1.16. The summed E-state index contributed by atoms with van der Waals surface area (Å²) in [6.07, 6.45) is 0.815. The molecule has 2 aromatic heterocycles. The predicted octanol–water partition coefficient (Wildman–Crippen LogP) is 3.99. The second kappa shape index (κ2) is 16.3. The summed E-state index contributed by atoms with van der Waals surface area (Å²) in [5.74, 6) is -0.438. The molecule has 3 fully saturated rings. The molecule has 1 amide bonds. The number of aliphatic hydroxyl groups excluding tert-OH is 1. The van der Waals surface area contributed by atoms with Gasteiger partial charge in [-0.2, -0.15) is 15.2 Å². The number of rotatable bonds is 14. The molecule has 0 radical (unpaired) electrons. The van der Waals surface area contributed by atoms with Crippen LogP contribution < -0.4 is 20.4 Å². The van der Waals surface area contributed by atoms with Crippen LogP contribution in [0, 0.1) is 17.2 Å². The Kier molecular flexibility index (Phi) is 11.5. The van der Waals surface area contributed by atoms with E-state index in [-0.39, 0.29) is 55.4 Å². The van der Waals surface area contributed by atoms with Gasteiger partial charge in [-0.05, 0) is 18.9 Å². The Hall–Kier alpha value is -3.84. The number of carbonyl (C=O) groups is 1. The molecule has 3 saturated heterocycles. The van der Waals surface area contributed by atoms with Crippen LogP contribution in [0.5, 0.6) is 5.88 Å². The molecular weight excluding hydrogens is 714 g/mol. The number of imidazole rings is 1. The fourth-order valence-electron chi connectivity index (χ4n) is 7.52. The smallest absolute Gasteiger partial charge is 0.259 e. The van der Waals surface area contributed by atoms with E-state index in [1.54, 1.807) is 31.9 Å². The molecule has 4 aromatic rings. The molecule has 3 aliphatic rings. The van der Waals surface area contributed by atoms with Crippen LogP contribution >= 0.6 is 8.53 Å². The van der Waals surface area contributed by atoms with Gasteiger partial charge in [-0.15, -0.1) is 0 Å². The number of hydrogen-bond donors (Lipinski definition) is 2. The molecule has 280 valence electrons. The fourth-order valence-corrected chi connectivity index (χ4v) is 13.5. The number of fused-ring (bicyclic) bond motifs is 2. The number of nitrogens with one attached hydrogen (secondary N) is 1. The van der Waals surface area contributed by atoms with E-state index in [0.717, 1.165) is 25.4 Å². The largest absolute Gasteiger partial charge is 0.475 e. The van der Waals surface area contributed by atoms with E-state index >= 15 is 0 Å². The lowest BCUT2D eigenvalue weighted by molar-refractivity contribution is -0.118. The van der Waals surface area contributed by atoms with Crippen molar-refractivity contribution < 1.29 is 33.2 Å². The van der Waals surface area contributed by atoms with E-state index < -0.39 is 41.1 Å². The molecular formula is C37H46N7O7PSi. The molecule has 7 atom stereocenters. The van der Waals surface area contributed by atoms with Crippen molar-refractivity contribution in [2.24, 2.45) is 5.92 Å². The minimum atomic E-state index is -2.21. The van der Waals surface area contributed by atoms with Crippen molar-refractivity contribution in [2.45, 2.75) is 82.4 Å². The van der Waals surface area contributed by atoms with Crippen molar-refractivity contribution in [1.82, 2.24) is 24.2 Å². The van der Waals surface area contributed by atoms with Crippen molar-refractivity contribution in [1.29, 1.82) is 5.26 Å². The Morgan fingerprint density at radius 2 is 1.83 bits per heavy atom. The first-order chi connectivity index (χ1) is 25.7. The molecule has 16 heteroatoms. The Labute approximate surface area is 311 Å². The number of aromatic nitrogens is 4. The molecule has 0 aliphatic carbocycles. The maximum atomic E-state index is 12.6. The number of methoxy groups -OCH3 is 1. The van der Waals surface area contributed by atoms with Crippen LogP contribution in [0.1, 0.15) is 39.3 Å². The molecule has 1 unspecified atom stereocenters. The zero-order chi connectivity index (χ0) is 37.1. The van der Waals surface area contributed by atoms with Crippen LogP contribution in [0.15, 0.2) is 67.0 Å². The van der Waals surface area contributed by atoms with E-state index in [1.807, 2.05) is 0 Å². The number of carbonyl (C=O) groups excluding carboxylic acids is 1. The third kappa shape index (κ3) is 7.47. The molecule has 3 aliphatic heterocycles.